The van der Waals surface area contributed by atoms with Gasteiger partial charge in [-0.3, -0.25) is 0 Å². The molecule has 0 aliphatic heterocycles. The van der Waals surface area contributed by atoms with Gasteiger partial charge in [0.25, 0.3) is 0 Å². The lowest BCUT2D eigenvalue weighted by Gasteiger charge is -2.27. The standard InChI is InChI=1S/C17H27FN2/c1-4-5-11-20(14-9-10-14)17-8-6-7-16(18)15(17)12-19-13(2)3/h6-8,13-14,19H,4-5,9-12H2,1-3H3. The fraction of sp³-hybridized carbons (Fsp3) is 0.647. The molecule has 0 aromatic heterocycles. The highest BCUT2D eigenvalue weighted by Crippen LogP contribution is 2.34. The largest absolute Gasteiger partial charge is 0.368 e. The molecule has 2 nitrogen and oxygen atoms in total. The third kappa shape index (κ3) is 3.95. The van der Waals surface area contributed by atoms with Crippen LogP contribution < -0.4 is 10.2 Å². The van der Waals surface area contributed by atoms with Gasteiger partial charge in [-0.05, 0) is 31.4 Å². The minimum atomic E-state index is -0.0854. The van der Waals surface area contributed by atoms with Crippen molar-refractivity contribution in [1.82, 2.24) is 5.32 Å². The monoisotopic (exact) mass is 278 g/mol. The highest BCUT2D eigenvalue weighted by atomic mass is 19.1. The zero-order valence-corrected chi connectivity index (χ0v) is 13.0. The highest BCUT2D eigenvalue weighted by molar-refractivity contribution is 5.56. The van der Waals surface area contributed by atoms with Gasteiger partial charge in [0.1, 0.15) is 5.82 Å². The van der Waals surface area contributed by atoms with Crippen LogP contribution in [0.15, 0.2) is 18.2 Å². The van der Waals surface area contributed by atoms with Crippen molar-refractivity contribution in [2.75, 3.05) is 11.4 Å². The molecule has 0 heterocycles. The van der Waals surface area contributed by atoms with Gasteiger partial charge in [0, 0.05) is 36.4 Å². The maximum Gasteiger partial charge on any atom is 0.129 e. The number of nitrogens with zero attached hydrogens (tertiary/aromatic N) is 1. The molecule has 1 aromatic carbocycles. The lowest BCUT2D eigenvalue weighted by atomic mass is 10.1. The Balaban J connectivity index is 2.21. The molecule has 0 unspecified atom stereocenters. The molecule has 2 rings (SSSR count). The van der Waals surface area contributed by atoms with Gasteiger partial charge in [-0.2, -0.15) is 0 Å². The summed E-state index contributed by atoms with van der Waals surface area (Å²) in [6, 6.07) is 6.49. The molecule has 1 N–H and O–H groups in total. The van der Waals surface area contributed by atoms with Crippen LogP contribution >= 0.6 is 0 Å². The zero-order valence-electron chi connectivity index (χ0n) is 13.0. The van der Waals surface area contributed by atoms with E-state index in [0.29, 0.717) is 18.6 Å². The summed E-state index contributed by atoms with van der Waals surface area (Å²) in [6.07, 6.45) is 4.84. The van der Waals surface area contributed by atoms with Gasteiger partial charge < -0.3 is 10.2 Å². The summed E-state index contributed by atoms with van der Waals surface area (Å²) in [5.41, 5.74) is 1.92. The maximum atomic E-state index is 14.2. The summed E-state index contributed by atoms with van der Waals surface area (Å²) < 4.78 is 14.2. The number of unbranched alkanes of at least 4 members (excludes halogenated alkanes) is 1. The van der Waals surface area contributed by atoms with Gasteiger partial charge in [0.05, 0.1) is 0 Å². The van der Waals surface area contributed by atoms with Crippen molar-refractivity contribution in [3.63, 3.8) is 0 Å². The Morgan fingerprint density at radius 3 is 2.70 bits per heavy atom. The molecule has 0 radical (unpaired) electrons. The molecule has 0 bridgehead atoms. The van der Waals surface area contributed by atoms with E-state index in [2.05, 4.69) is 37.1 Å². The zero-order chi connectivity index (χ0) is 14.5. The first-order valence-electron chi connectivity index (χ1n) is 7.91. The van der Waals surface area contributed by atoms with Crippen LogP contribution in [0.2, 0.25) is 0 Å². The van der Waals surface area contributed by atoms with Crippen molar-refractivity contribution in [2.24, 2.45) is 0 Å². The van der Waals surface area contributed by atoms with Gasteiger partial charge in [-0.25, -0.2) is 4.39 Å². The normalized spacial score (nSPS) is 14.8. The molecule has 1 aliphatic carbocycles. The van der Waals surface area contributed by atoms with Crippen molar-refractivity contribution in [3.05, 3.63) is 29.6 Å². The molecule has 0 spiro atoms. The molecule has 0 atom stereocenters. The smallest absolute Gasteiger partial charge is 0.129 e. The van der Waals surface area contributed by atoms with E-state index >= 15 is 0 Å². The number of rotatable bonds is 8. The predicted molar refractivity (Wildman–Crippen MR) is 83.7 cm³/mol. The average Bonchev–Trinajstić information content (AvgIpc) is 3.22. The summed E-state index contributed by atoms with van der Waals surface area (Å²) in [5.74, 6) is -0.0854. The number of anilines is 1. The van der Waals surface area contributed by atoms with Crippen LogP contribution in [0.3, 0.4) is 0 Å². The minimum Gasteiger partial charge on any atom is -0.368 e. The van der Waals surface area contributed by atoms with Gasteiger partial charge in [-0.15, -0.1) is 0 Å². The van der Waals surface area contributed by atoms with E-state index in [1.165, 1.54) is 25.7 Å². The molecule has 0 saturated heterocycles. The van der Waals surface area contributed by atoms with E-state index in [1.54, 1.807) is 6.07 Å². The summed E-state index contributed by atoms with van der Waals surface area (Å²) in [6.45, 7) is 8.04. The molecule has 20 heavy (non-hydrogen) atoms. The summed E-state index contributed by atoms with van der Waals surface area (Å²) >= 11 is 0. The summed E-state index contributed by atoms with van der Waals surface area (Å²) in [7, 11) is 0. The van der Waals surface area contributed by atoms with Crippen LogP contribution in [0.25, 0.3) is 0 Å². The number of hydrogen-bond acceptors (Lipinski definition) is 2. The SMILES string of the molecule is CCCCN(c1cccc(F)c1CNC(C)C)C1CC1. The van der Waals surface area contributed by atoms with Crippen molar-refractivity contribution >= 4 is 5.69 Å². The van der Waals surface area contributed by atoms with Gasteiger partial charge >= 0.3 is 0 Å². The van der Waals surface area contributed by atoms with Gasteiger partial charge in [0.2, 0.25) is 0 Å². The maximum absolute atomic E-state index is 14.2. The highest BCUT2D eigenvalue weighted by Gasteiger charge is 2.30. The molecule has 112 valence electrons. The second-order valence-electron chi connectivity index (χ2n) is 6.05. The van der Waals surface area contributed by atoms with Crippen LogP contribution in [-0.4, -0.2) is 18.6 Å². The predicted octanol–water partition coefficient (Wildman–Crippen LogP) is 4.09. The molecule has 1 aliphatic rings. The number of hydrogen-bond donors (Lipinski definition) is 1. The van der Waals surface area contributed by atoms with Crippen LogP contribution in [0, 0.1) is 5.82 Å². The molecule has 1 saturated carbocycles. The van der Waals surface area contributed by atoms with Crippen LogP contribution in [0.4, 0.5) is 10.1 Å². The first kappa shape index (κ1) is 15.3. The van der Waals surface area contributed by atoms with E-state index < -0.39 is 0 Å². The number of benzene rings is 1. The Labute approximate surface area is 122 Å². The summed E-state index contributed by atoms with van der Waals surface area (Å²) in [5, 5.41) is 3.35. The fourth-order valence-corrected chi connectivity index (χ4v) is 2.51. The van der Waals surface area contributed by atoms with Crippen LogP contribution in [-0.2, 0) is 6.54 Å². The van der Waals surface area contributed by atoms with E-state index in [4.69, 9.17) is 0 Å². The van der Waals surface area contributed by atoms with Crippen molar-refractivity contribution in [1.29, 1.82) is 0 Å². The lowest BCUT2D eigenvalue weighted by Crippen LogP contribution is -2.30. The lowest BCUT2D eigenvalue weighted by molar-refractivity contribution is 0.551. The second-order valence-corrected chi connectivity index (χ2v) is 6.05. The Bertz CT molecular complexity index is 427. The Kier molecular flexibility index (Phi) is 5.41. The Morgan fingerprint density at radius 2 is 2.10 bits per heavy atom. The van der Waals surface area contributed by atoms with E-state index in [1.807, 2.05) is 6.07 Å². The van der Waals surface area contributed by atoms with Crippen LogP contribution in [0.5, 0.6) is 0 Å². The third-order valence-corrected chi connectivity index (χ3v) is 3.83. The van der Waals surface area contributed by atoms with Crippen molar-refractivity contribution < 1.29 is 4.39 Å². The number of halogens is 1. The average molecular weight is 278 g/mol. The van der Waals surface area contributed by atoms with E-state index in [-0.39, 0.29) is 5.82 Å². The first-order valence-corrected chi connectivity index (χ1v) is 7.91. The molecule has 0 amide bonds. The molecular formula is C17H27FN2. The first-order chi connectivity index (χ1) is 9.63. The van der Waals surface area contributed by atoms with E-state index in [0.717, 1.165) is 17.8 Å². The Morgan fingerprint density at radius 1 is 1.35 bits per heavy atom. The Hall–Kier alpha value is -1.09. The number of nitrogens with one attached hydrogen (secondary N) is 1. The van der Waals surface area contributed by atoms with Gasteiger partial charge in [0.15, 0.2) is 0 Å². The summed E-state index contributed by atoms with van der Waals surface area (Å²) in [4.78, 5) is 2.42. The van der Waals surface area contributed by atoms with Crippen LogP contribution in [0.1, 0.15) is 52.0 Å². The van der Waals surface area contributed by atoms with Crippen molar-refractivity contribution in [3.8, 4) is 0 Å². The third-order valence-electron chi connectivity index (χ3n) is 3.83. The van der Waals surface area contributed by atoms with Gasteiger partial charge in [-0.1, -0.05) is 33.3 Å². The van der Waals surface area contributed by atoms with Crippen molar-refractivity contribution in [2.45, 2.75) is 65.1 Å². The molecule has 3 heteroatoms. The fourth-order valence-electron chi connectivity index (χ4n) is 2.51. The molecular weight excluding hydrogens is 251 g/mol. The quantitative estimate of drug-likeness (QED) is 0.770. The molecule has 1 aromatic rings. The second kappa shape index (κ2) is 7.07. The topological polar surface area (TPSA) is 15.3 Å². The molecule has 1 fully saturated rings. The minimum absolute atomic E-state index is 0.0854. The van der Waals surface area contributed by atoms with E-state index in [9.17, 15) is 4.39 Å².